The maximum Gasteiger partial charge on any atom is 0.127 e. The summed E-state index contributed by atoms with van der Waals surface area (Å²) in [5.41, 5.74) is 0.691. The highest BCUT2D eigenvalue weighted by molar-refractivity contribution is 6.30. The average molecular weight is 260 g/mol. The zero-order valence-corrected chi connectivity index (χ0v) is 11.1. The van der Waals surface area contributed by atoms with Crippen LogP contribution in [-0.2, 0) is 11.2 Å². The molecule has 1 unspecified atom stereocenters. The highest BCUT2D eigenvalue weighted by Gasteiger charge is 2.11. The third-order valence-corrected chi connectivity index (χ3v) is 2.88. The van der Waals surface area contributed by atoms with E-state index >= 15 is 0 Å². The van der Waals surface area contributed by atoms with Gasteiger partial charge in [0.05, 0.1) is 0 Å². The molecule has 0 bridgehead atoms. The molecule has 4 heteroatoms. The Morgan fingerprint density at radius 3 is 2.82 bits per heavy atom. The number of hydrogen-bond acceptors (Lipinski definition) is 2. The molecule has 0 fully saturated rings. The van der Waals surface area contributed by atoms with Gasteiger partial charge < -0.3 is 10.1 Å². The summed E-state index contributed by atoms with van der Waals surface area (Å²) in [7, 11) is 1.67. The van der Waals surface area contributed by atoms with Crippen molar-refractivity contribution in [2.75, 3.05) is 20.3 Å². The number of benzene rings is 1. The Bertz CT molecular complexity index is 346. The lowest BCUT2D eigenvalue weighted by Crippen LogP contribution is -2.32. The highest BCUT2D eigenvalue weighted by atomic mass is 35.5. The molecule has 2 nitrogen and oxygen atoms in total. The first-order valence-corrected chi connectivity index (χ1v) is 6.21. The number of nitrogens with one attached hydrogen (secondary N) is 1. The molecule has 0 aromatic heterocycles. The Morgan fingerprint density at radius 1 is 1.47 bits per heavy atom. The topological polar surface area (TPSA) is 21.3 Å². The number of likely N-dealkylation sites (N-methyl/N-ethyl adjacent to an activating group) is 1. The Labute approximate surface area is 107 Å². The molecule has 0 radical (unpaired) electrons. The second-order valence-corrected chi connectivity index (χ2v) is 4.41. The summed E-state index contributed by atoms with van der Waals surface area (Å²) in [4.78, 5) is 0. The van der Waals surface area contributed by atoms with Gasteiger partial charge in [-0.05, 0) is 37.1 Å². The maximum absolute atomic E-state index is 13.6. The van der Waals surface area contributed by atoms with E-state index in [1.807, 2.05) is 6.92 Å². The summed E-state index contributed by atoms with van der Waals surface area (Å²) >= 11 is 5.72. The van der Waals surface area contributed by atoms with Crippen LogP contribution in [-0.4, -0.2) is 26.3 Å². The lowest BCUT2D eigenvalue weighted by atomic mass is 10.0. The van der Waals surface area contributed by atoms with Crippen LogP contribution in [0.3, 0.4) is 0 Å². The molecule has 1 aromatic rings. The SMILES string of the molecule is CCNC(CCOC)Cc1ccc(Cl)cc1F. The summed E-state index contributed by atoms with van der Waals surface area (Å²) in [6, 6.07) is 5.06. The van der Waals surface area contributed by atoms with E-state index in [0.29, 0.717) is 23.6 Å². The monoisotopic (exact) mass is 259 g/mol. The molecule has 0 spiro atoms. The largest absolute Gasteiger partial charge is 0.385 e. The maximum atomic E-state index is 13.6. The van der Waals surface area contributed by atoms with Crippen LogP contribution in [0.4, 0.5) is 4.39 Å². The Hall–Kier alpha value is -0.640. The second kappa shape index (κ2) is 7.64. The minimum absolute atomic E-state index is 0.232. The van der Waals surface area contributed by atoms with Crippen molar-refractivity contribution < 1.29 is 9.13 Å². The van der Waals surface area contributed by atoms with Gasteiger partial charge in [0.15, 0.2) is 0 Å². The fourth-order valence-corrected chi connectivity index (χ4v) is 1.94. The van der Waals surface area contributed by atoms with Gasteiger partial charge in [-0.25, -0.2) is 4.39 Å². The van der Waals surface area contributed by atoms with Gasteiger partial charge >= 0.3 is 0 Å². The predicted octanol–water partition coefficient (Wildman–Crippen LogP) is 3.04. The van der Waals surface area contributed by atoms with Crippen LogP contribution >= 0.6 is 11.6 Å². The molecule has 17 heavy (non-hydrogen) atoms. The fraction of sp³-hybridized carbons (Fsp3) is 0.538. The van der Waals surface area contributed by atoms with Crippen molar-refractivity contribution in [1.29, 1.82) is 0 Å². The molecule has 1 rings (SSSR count). The molecule has 0 aliphatic rings. The molecule has 1 N–H and O–H groups in total. The van der Waals surface area contributed by atoms with Gasteiger partial charge in [-0.3, -0.25) is 0 Å². The summed E-state index contributed by atoms with van der Waals surface area (Å²) in [5.74, 6) is -0.238. The zero-order valence-electron chi connectivity index (χ0n) is 10.3. The van der Waals surface area contributed by atoms with Gasteiger partial charge in [0.25, 0.3) is 0 Å². The van der Waals surface area contributed by atoms with Gasteiger partial charge in [-0.2, -0.15) is 0 Å². The van der Waals surface area contributed by atoms with E-state index in [1.165, 1.54) is 6.07 Å². The summed E-state index contributed by atoms with van der Waals surface area (Å²) < 4.78 is 18.7. The fourth-order valence-electron chi connectivity index (χ4n) is 1.78. The minimum atomic E-state index is -0.238. The molecule has 0 saturated heterocycles. The first-order valence-electron chi connectivity index (χ1n) is 5.83. The first kappa shape index (κ1) is 14.4. The number of rotatable bonds is 7. The number of hydrogen-bond donors (Lipinski definition) is 1. The van der Waals surface area contributed by atoms with Gasteiger partial charge in [-0.15, -0.1) is 0 Å². The molecule has 0 amide bonds. The number of ether oxygens (including phenoxy) is 1. The van der Waals surface area contributed by atoms with E-state index in [9.17, 15) is 4.39 Å². The van der Waals surface area contributed by atoms with E-state index < -0.39 is 0 Å². The molecular weight excluding hydrogens is 241 g/mol. The second-order valence-electron chi connectivity index (χ2n) is 3.98. The number of halogens is 2. The molecular formula is C13H19ClFNO. The first-order chi connectivity index (χ1) is 8.17. The van der Waals surface area contributed by atoms with E-state index in [0.717, 1.165) is 13.0 Å². The quantitative estimate of drug-likeness (QED) is 0.813. The van der Waals surface area contributed by atoms with Gasteiger partial charge in [0, 0.05) is 24.8 Å². The lowest BCUT2D eigenvalue weighted by Gasteiger charge is -2.17. The third-order valence-electron chi connectivity index (χ3n) is 2.64. The lowest BCUT2D eigenvalue weighted by molar-refractivity contribution is 0.182. The van der Waals surface area contributed by atoms with Crippen molar-refractivity contribution in [3.8, 4) is 0 Å². The van der Waals surface area contributed by atoms with Crippen molar-refractivity contribution in [3.63, 3.8) is 0 Å². The Balaban J connectivity index is 2.64. The Morgan fingerprint density at radius 2 is 2.24 bits per heavy atom. The summed E-state index contributed by atoms with van der Waals surface area (Å²) in [6.45, 7) is 3.58. The van der Waals surface area contributed by atoms with E-state index in [2.05, 4.69) is 5.32 Å². The van der Waals surface area contributed by atoms with Crippen LogP contribution in [0, 0.1) is 5.82 Å². The van der Waals surface area contributed by atoms with Crippen molar-refractivity contribution in [2.45, 2.75) is 25.8 Å². The van der Waals surface area contributed by atoms with Crippen molar-refractivity contribution in [1.82, 2.24) is 5.32 Å². The highest BCUT2D eigenvalue weighted by Crippen LogP contribution is 2.16. The van der Waals surface area contributed by atoms with Crippen molar-refractivity contribution >= 4 is 11.6 Å². The third kappa shape index (κ3) is 5.02. The molecule has 1 aromatic carbocycles. The van der Waals surface area contributed by atoms with E-state index in [1.54, 1.807) is 19.2 Å². The Kier molecular flexibility index (Phi) is 6.48. The molecule has 0 aliphatic carbocycles. The van der Waals surface area contributed by atoms with Crippen LogP contribution in [0.5, 0.6) is 0 Å². The molecule has 0 heterocycles. The molecule has 96 valence electrons. The molecule has 0 aliphatic heterocycles. The molecule has 0 saturated carbocycles. The zero-order chi connectivity index (χ0) is 12.7. The van der Waals surface area contributed by atoms with E-state index in [4.69, 9.17) is 16.3 Å². The standard InChI is InChI=1S/C13H19ClFNO/c1-3-16-12(6-7-17-2)8-10-4-5-11(14)9-13(10)15/h4-5,9,12,16H,3,6-8H2,1-2H3. The molecule has 1 atom stereocenters. The van der Waals surface area contributed by atoms with Crippen LogP contribution in [0.15, 0.2) is 18.2 Å². The summed E-state index contributed by atoms with van der Waals surface area (Å²) in [6.07, 6.45) is 1.52. The normalized spacial score (nSPS) is 12.7. The number of methoxy groups -OCH3 is 1. The van der Waals surface area contributed by atoms with Crippen molar-refractivity contribution in [2.24, 2.45) is 0 Å². The van der Waals surface area contributed by atoms with Gasteiger partial charge in [0.1, 0.15) is 5.82 Å². The minimum Gasteiger partial charge on any atom is -0.385 e. The van der Waals surface area contributed by atoms with Crippen LogP contribution in [0.1, 0.15) is 18.9 Å². The smallest absolute Gasteiger partial charge is 0.127 e. The van der Waals surface area contributed by atoms with Gasteiger partial charge in [-0.1, -0.05) is 24.6 Å². The van der Waals surface area contributed by atoms with Crippen LogP contribution in [0.2, 0.25) is 5.02 Å². The predicted molar refractivity (Wildman–Crippen MR) is 69.1 cm³/mol. The van der Waals surface area contributed by atoms with Crippen LogP contribution < -0.4 is 5.32 Å². The van der Waals surface area contributed by atoms with E-state index in [-0.39, 0.29) is 11.9 Å². The van der Waals surface area contributed by atoms with Gasteiger partial charge in [0.2, 0.25) is 0 Å². The summed E-state index contributed by atoms with van der Waals surface area (Å²) in [5, 5.41) is 3.76. The van der Waals surface area contributed by atoms with Crippen molar-refractivity contribution in [3.05, 3.63) is 34.6 Å². The average Bonchev–Trinajstić information content (AvgIpc) is 2.29. The van der Waals surface area contributed by atoms with Crippen LogP contribution in [0.25, 0.3) is 0 Å².